The Morgan fingerprint density at radius 1 is 0.349 bits per heavy atom. The molecule has 0 aliphatic carbocycles. The van der Waals surface area contributed by atoms with Gasteiger partial charge in [0.2, 0.25) is 0 Å². The van der Waals surface area contributed by atoms with Crippen molar-refractivity contribution >= 4 is 74.5 Å². The van der Waals surface area contributed by atoms with Crippen molar-refractivity contribution in [2.45, 2.75) is 0 Å². The summed E-state index contributed by atoms with van der Waals surface area (Å²) >= 11 is -3.84. The van der Waals surface area contributed by atoms with Gasteiger partial charge in [-0.15, -0.1) is 0 Å². The Bertz CT molecular complexity index is 3690. The van der Waals surface area contributed by atoms with Crippen molar-refractivity contribution < 1.29 is 0 Å². The van der Waals surface area contributed by atoms with E-state index in [2.05, 4.69) is 240 Å². The third-order valence-electron chi connectivity index (χ3n) is 13.2. The molecule has 4 heterocycles. The van der Waals surface area contributed by atoms with Crippen molar-refractivity contribution in [3.05, 3.63) is 231 Å². The fraction of sp³-hybridized carbons (Fsp3) is 0. The van der Waals surface area contributed by atoms with E-state index in [1.807, 2.05) is 0 Å². The fourth-order valence-corrected chi connectivity index (χ4v) is 21.6. The molecule has 294 valence electrons. The average molecular weight is 864 g/mol. The van der Waals surface area contributed by atoms with Gasteiger partial charge in [-0.25, -0.2) is 0 Å². The minimum atomic E-state index is -3.84. The number of hydrogen-bond acceptors (Lipinski definition) is 2. The first-order chi connectivity index (χ1) is 31.3. The Morgan fingerprint density at radius 3 is 1.48 bits per heavy atom. The van der Waals surface area contributed by atoms with Gasteiger partial charge in [-0.05, 0) is 0 Å². The topological polar surface area (TPSA) is 35.6 Å². The molecule has 4 nitrogen and oxygen atoms in total. The molecule has 1 aliphatic heterocycles. The molecule has 5 heteroatoms. The molecule has 63 heavy (non-hydrogen) atoms. The van der Waals surface area contributed by atoms with Crippen LogP contribution < -0.4 is 17.6 Å². The zero-order valence-corrected chi connectivity index (χ0v) is 36.3. The van der Waals surface area contributed by atoms with Gasteiger partial charge in [0.05, 0.1) is 0 Å². The summed E-state index contributed by atoms with van der Waals surface area (Å²) in [5.41, 5.74) is 12.2. The summed E-state index contributed by atoms with van der Waals surface area (Å²) in [6.45, 7) is 0. The summed E-state index contributed by atoms with van der Waals surface area (Å²) in [6, 6.07) is 84.2. The van der Waals surface area contributed by atoms with Gasteiger partial charge < -0.3 is 0 Å². The van der Waals surface area contributed by atoms with E-state index in [1.54, 1.807) is 0 Å². The summed E-state index contributed by atoms with van der Waals surface area (Å²) in [4.78, 5) is 11.4. The molecule has 0 saturated carbocycles. The molecule has 0 fully saturated rings. The molecule has 12 aromatic rings. The fourth-order valence-electron chi connectivity index (χ4n) is 10.6. The van der Waals surface area contributed by atoms with Gasteiger partial charge in [0.1, 0.15) is 0 Å². The molecule has 0 amide bonds. The predicted molar refractivity (Wildman–Crippen MR) is 264 cm³/mol. The van der Waals surface area contributed by atoms with Crippen LogP contribution in [0.5, 0.6) is 0 Å². The first-order valence-electron chi connectivity index (χ1n) is 21.6. The van der Waals surface area contributed by atoms with Crippen LogP contribution in [-0.4, -0.2) is 32.4 Å². The SMILES string of the molecule is c1ccc(-c2nc(-c3ccccc3-n3c4ccccc4c4cc5c6ccccc6n(-c6ccccc6)c5cc43)[c]3c(n2)-c2cccc[c]2[Ge]3([c]2ccccc2)[c]2ccccc2)cc1. The van der Waals surface area contributed by atoms with Crippen LogP contribution in [0.15, 0.2) is 231 Å². The number of hydrogen-bond donors (Lipinski definition) is 0. The van der Waals surface area contributed by atoms with Gasteiger partial charge in [-0.3, -0.25) is 0 Å². The van der Waals surface area contributed by atoms with Crippen LogP contribution in [0.1, 0.15) is 0 Å². The van der Waals surface area contributed by atoms with Gasteiger partial charge in [0, 0.05) is 0 Å². The zero-order valence-electron chi connectivity index (χ0n) is 34.2. The number of para-hydroxylation sites is 4. The molecule has 9 aromatic carbocycles. The van der Waals surface area contributed by atoms with Crippen LogP contribution in [0.3, 0.4) is 0 Å². The van der Waals surface area contributed by atoms with Gasteiger partial charge in [0.15, 0.2) is 0 Å². The third-order valence-corrected chi connectivity index (χ3v) is 23.4. The van der Waals surface area contributed by atoms with Crippen LogP contribution in [0.4, 0.5) is 0 Å². The molecular formula is C58H38GeN4. The second kappa shape index (κ2) is 14.1. The van der Waals surface area contributed by atoms with Gasteiger partial charge >= 0.3 is 363 Å². The second-order valence-corrected chi connectivity index (χ2v) is 24.2. The van der Waals surface area contributed by atoms with Crippen molar-refractivity contribution in [3.63, 3.8) is 0 Å². The van der Waals surface area contributed by atoms with Gasteiger partial charge in [-0.1, -0.05) is 6.07 Å². The first-order valence-corrected chi connectivity index (χ1v) is 25.8. The maximum absolute atomic E-state index is 5.80. The molecule has 0 bridgehead atoms. The van der Waals surface area contributed by atoms with E-state index in [9.17, 15) is 0 Å². The van der Waals surface area contributed by atoms with Crippen molar-refractivity contribution in [2.24, 2.45) is 0 Å². The predicted octanol–water partition coefficient (Wildman–Crippen LogP) is 11.4. The van der Waals surface area contributed by atoms with Crippen LogP contribution in [0, 0.1) is 0 Å². The Kier molecular flexibility index (Phi) is 8.05. The molecule has 0 N–H and O–H groups in total. The van der Waals surface area contributed by atoms with Crippen molar-refractivity contribution in [2.75, 3.05) is 0 Å². The molecule has 0 saturated heterocycles. The summed E-state index contributed by atoms with van der Waals surface area (Å²) in [5.74, 6) is 0.726. The number of fused-ring (bicyclic) bond motifs is 9. The molecule has 0 atom stereocenters. The molecule has 1 aliphatic rings. The summed E-state index contributed by atoms with van der Waals surface area (Å²) in [6.07, 6.45) is 0. The van der Waals surface area contributed by atoms with E-state index < -0.39 is 13.3 Å². The third kappa shape index (κ3) is 5.22. The van der Waals surface area contributed by atoms with E-state index in [4.69, 9.17) is 9.97 Å². The molecule has 0 spiro atoms. The van der Waals surface area contributed by atoms with E-state index in [0.29, 0.717) is 0 Å². The van der Waals surface area contributed by atoms with Crippen LogP contribution in [0.2, 0.25) is 0 Å². The van der Waals surface area contributed by atoms with Crippen LogP contribution >= 0.6 is 0 Å². The van der Waals surface area contributed by atoms with Crippen molar-refractivity contribution in [3.8, 4) is 45.3 Å². The van der Waals surface area contributed by atoms with E-state index in [0.717, 1.165) is 50.7 Å². The first kappa shape index (κ1) is 35.9. The van der Waals surface area contributed by atoms with Crippen molar-refractivity contribution in [1.29, 1.82) is 0 Å². The van der Waals surface area contributed by atoms with Crippen LogP contribution in [-0.2, 0) is 0 Å². The van der Waals surface area contributed by atoms with Crippen LogP contribution in [0.25, 0.3) is 88.9 Å². The molecule has 13 rings (SSSR count). The minimum absolute atomic E-state index is 0.726. The maximum atomic E-state index is 5.80. The number of aromatic nitrogens is 4. The van der Waals surface area contributed by atoms with Gasteiger partial charge in [0.25, 0.3) is 0 Å². The monoisotopic (exact) mass is 864 g/mol. The second-order valence-electron chi connectivity index (χ2n) is 16.5. The number of benzene rings is 9. The molecular weight excluding hydrogens is 825 g/mol. The molecule has 0 unspecified atom stereocenters. The molecule has 3 aromatic heterocycles. The number of nitrogens with zero attached hydrogens (tertiary/aromatic N) is 4. The van der Waals surface area contributed by atoms with Crippen molar-refractivity contribution in [1.82, 2.24) is 19.1 Å². The normalized spacial score (nSPS) is 12.9. The summed E-state index contributed by atoms with van der Waals surface area (Å²) in [7, 11) is 0. The van der Waals surface area contributed by atoms with E-state index in [1.165, 1.54) is 55.7 Å². The summed E-state index contributed by atoms with van der Waals surface area (Å²) in [5, 5.41) is 4.91. The zero-order chi connectivity index (χ0) is 41.5. The molecule has 0 radical (unpaired) electrons. The quantitative estimate of drug-likeness (QED) is 0.156. The Morgan fingerprint density at radius 2 is 0.825 bits per heavy atom. The summed E-state index contributed by atoms with van der Waals surface area (Å²) < 4.78 is 10.3. The van der Waals surface area contributed by atoms with E-state index in [-0.39, 0.29) is 0 Å². The van der Waals surface area contributed by atoms with Gasteiger partial charge in [-0.2, -0.15) is 0 Å². The standard InChI is InChI=1S/C58H38GeN4/c1-5-21-39(22-6-1)58-60-56-45-31-13-17-33-49(45)59(40-23-7-2-8-24-40,41-25-9-3-10-26-41)55(56)57(61-58)46-32-16-20-36-52(46)63-51-35-19-15-30-44(51)48-37-47-43-29-14-18-34-50(43)62(53(47)38-54(48)63)42-27-11-4-12-28-42/h1-38H. The number of rotatable bonds is 6. The van der Waals surface area contributed by atoms with E-state index >= 15 is 0 Å². The Hall–Kier alpha value is -7.80. The Labute approximate surface area is 367 Å². The average Bonchev–Trinajstić information content (AvgIpc) is 3.98. The Balaban J connectivity index is 1.18.